The molecule has 2 aromatic carbocycles. The third-order valence-corrected chi connectivity index (χ3v) is 4.68. The Morgan fingerprint density at radius 3 is 2.28 bits per heavy atom. The van der Waals surface area contributed by atoms with E-state index in [1.54, 1.807) is 13.0 Å². The number of fused-ring (bicyclic) bond motifs is 1. The maximum absolute atomic E-state index is 14.3. The van der Waals surface area contributed by atoms with E-state index in [1.165, 1.54) is 19.2 Å². The molecule has 4 rings (SSSR count). The highest BCUT2D eigenvalue weighted by atomic mass is 19.4. The van der Waals surface area contributed by atoms with Gasteiger partial charge in [0.2, 0.25) is 5.95 Å². The highest BCUT2D eigenvalue weighted by Crippen LogP contribution is 2.35. The van der Waals surface area contributed by atoms with Crippen molar-refractivity contribution in [1.82, 2.24) is 15.0 Å². The number of halogens is 7. The predicted molar refractivity (Wildman–Crippen MR) is 122 cm³/mol. The molecule has 0 saturated heterocycles. The Morgan fingerprint density at radius 2 is 1.69 bits per heavy atom. The van der Waals surface area contributed by atoms with Crippen LogP contribution in [0.15, 0.2) is 45.7 Å². The molecule has 0 atom stereocenters. The van der Waals surface area contributed by atoms with Crippen LogP contribution in [0, 0.1) is 12.7 Å². The number of benzene rings is 2. The molecule has 0 aliphatic heterocycles. The molecule has 4 N–H and O–H groups in total. The number of carboxylic acids is 1. The molecule has 17 heteroatoms. The Hall–Kier alpha value is -4.83. The third kappa shape index (κ3) is 7.36. The first-order chi connectivity index (χ1) is 18.1. The first-order valence-corrected chi connectivity index (χ1v) is 10.3. The first-order valence-electron chi connectivity index (χ1n) is 10.3. The lowest BCUT2D eigenvalue weighted by Crippen LogP contribution is -2.21. The van der Waals surface area contributed by atoms with Crippen molar-refractivity contribution in [3.8, 4) is 5.75 Å². The maximum Gasteiger partial charge on any atom is 0.490 e. The fourth-order valence-electron chi connectivity index (χ4n) is 3.04. The summed E-state index contributed by atoms with van der Waals surface area (Å²) in [4.78, 5) is 30.6. The molecule has 2 heterocycles. The summed E-state index contributed by atoms with van der Waals surface area (Å²) in [7, 11) is 1.24. The monoisotopic (exact) mass is 563 g/mol. The molecular weight excluding hydrogens is 547 g/mol. The Balaban J connectivity index is 0.000000532. The number of nitrogens with one attached hydrogen (secondary N) is 3. The van der Waals surface area contributed by atoms with Crippen molar-refractivity contribution in [3.63, 3.8) is 0 Å². The largest absolute Gasteiger partial charge is 0.497 e. The van der Waals surface area contributed by atoms with Crippen LogP contribution in [0.1, 0.15) is 11.1 Å². The molecule has 0 aliphatic carbocycles. The Labute approximate surface area is 212 Å². The molecule has 4 aromatic rings. The molecule has 0 amide bonds. The number of carbonyl (C=O) groups is 1. The second-order valence-electron chi connectivity index (χ2n) is 7.58. The van der Waals surface area contributed by atoms with Gasteiger partial charge in [0.25, 0.3) is 0 Å². The van der Waals surface area contributed by atoms with Gasteiger partial charge in [-0.15, -0.1) is 0 Å². The molecule has 0 fully saturated rings. The molecule has 0 unspecified atom stereocenters. The summed E-state index contributed by atoms with van der Waals surface area (Å²) in [5, 5.41) is 12.5. The zero-order chi connectivity index (χ0) is 29.1. The van der Waals surface area contributed by atoms with Crippen molar-refractivity contribution in [3.05, 3.63) is 64.0 Å². The van der Waals surface area contributed by atoms with E-state index in [0.29, 0.717) is 22.4 Å². The molecule has 10 nitrogen and oxygen atoms in total. The quantitative estimate of drug-likeness (QED) is 0.231. The first kappa shape index (κ1) is 28.7. The van der Waals surface area contributed by atoms with Crippen LogP contribution in [-0.4, -0.2) is 39.3 Å². The van der Waals surface area contributed by atoms with Crippen LogP contribution in [0.25, 0.3) is 11.1 Å². The molecule has 0 radical (unpaired) electrons. The summed E-state index contributed by atoms with van der Waals surface area (Å²) in [6.45, 7) is 1.70. The van der Waals surface area contributed by atoms with E-state index in [0.717, 1.165) is 18.3 Å². The summed E-state index contributed by atoms with van der Waals surface area (Å²) in [6, 6.07) is 6.17. The van der Waals surface area contributed by atoms with E-state index in [2.05, 4.69) is 25.6 Å². The van der Waals surface area contributed by atoms with E-state index < -0.39 is 35.5 Å². The number of aromatic amines is 1. The molecule has 0 bridgehead atoms. The van der Waals surface area contributed by atoms with E-state index in [4.69, 9.17) is 19.1 Å². The maximum atomic E-state index is 14.3. The molecule has 39 heavy (non-hydrogen) atoms. The number of oxazole rings is 1. The highest BCUT2D eigenvalue weighted by Gasteiger charge is 2.38. The number of alkyl halides is 6. The van der Waals surface area contributed by atoms with Gasteiger partial charge in [0.05, 0.1) is 24.4 Å². The standard InChI is InChI=1S/C20H15F4N5O3.C2HF3O2/c1-9-3-11(7-15-16(9)32-19(30)28-15)26-17-14(21)8-25-18(29-17)27-12-4-10(20(22,23)24)5-13(6-12)31-2;3-2(4,5)1(6)7/h3-8H,1-2H3,(H,28,30)(H2,25,26,27,29);(H,6,7). The summed E-state index contributed by atoms with van der Waals surface area (Å²) in [5.74, 6) is -4.59. The smallest absolute Gasteiger partial charge is 0.490 e. The summed E-state index contributed by atoms with van der Waals surface area (Å²) in [5.41, 5.74) is 0.856. The zero-order valence-electron chi connectivity index (χ0n) is 19.6. The number of aromatic nitrogens is 3. The van der Waals surface area contributed by atoms with Crippen molar-refractivity contribution in [2.75, 3.05) is 17.7 Å². The molecule has 0 aliphatic rings. The lowest BCUT2D eigenvalue weighted by molar-refractivity contribution is -0.192. The fourth-order valence-corrected chi connectivity index (χ4v) is 3.04. The van der Waals surface area contributed by atoms with Crippen LogP contribution < -0.4 is 21.1 Å². The third-order valence-electron chi connectivity index (χ3n) is 4.68. The van der Waals surface area contributed by atoms with Crippen molar-refractivity contribution >= 4 is 40.2 Å². The number of aliphatic carboxylic acids is 1. The number of hydrogen-bond acceptors (Lipinski definition) is 8. The highest BCUT2D eigenvalue weighted by molar-refractivity contribution is 5.81. The number of hydrogen-bond donors (Lipinski definition) is 4. The lowest BCUT2D eigenvalue weighted by Gasteiger charge is -2.13. The summed E-state index contributed by atoms with van der Waals surface area (Å²) >= 11 is 0. The number of anilines is 4. The van der Waals surface area contributed by atoms with Gasteiger partial charge in [-0.25, -0.2) is 19.0 Å². The van der Waals surface area contributed by atoms with Gasteiger partial charge in [-0.1, -0.05) is 0 Å². The normalized spacial score (nSPS) is 11.5. The van der Waals surface area contributed by atoms with Gasteiger partial charge >= 0.3 is 24.1 Å². The molecule has 0 spiro atoms. The van der Waals surface area contributed by atoms with Crippen LogP contribution in [0.2, 0.25) is 0 Å². The van der Waals surface area contributed by atoms with Gasteiger partial charge in [0.1, 0.15) is 5.75 Å². The number of nitrogens with zero attached hydrogens (tertiary/aromatic N) is 2. The van der Waals surface area contributed by atoms with E-state index >= 15 is 0 Å². The number of ether oxygens (including phenoxy) is 1. The van der Waals surface area contributed by atoms with Gasteiger partial charge in [0, 0.05) is 17.4 Å². The number of rotatable bonds is 5. The summed E-state index contributed by atoms with van der Waals surface area (Å²) < 4.78 is 95.3. The van der Waals surface area contributed by atoms with Gasteiger partial charge in [-0.2, -0.15) is 31.3 Å². The Kier molecular flexibility index (Phi) is 8.02. The minimum absolute atomic E-state index is 0.00229. The number of H-pyrrole nitrogens is 1. The Morgan fingerprint density at radius 1 is 1.05 bits per heavy atom. The van der Waals surface area contributed by atoms with E-state index in [9.17, 15) is 35.5 Å². The second kappa shape index (κ2) is 10.9. The molecule has 0 saturated carbocycles. The van der Waals surface area contributed by atoms with Gasteiger partial charge in [-0.05, 0) is 36.8 Å². The molecule has 2 aromatic heterocycles. The average molecular weight is 563 g/mol. The summed E-state index contributed by atoms with van der Waals surface area (Å²) in [6.07, 6.45) is -8.81. The van der Waals surface area contributed by atoms with Gasteiger partial charge in [-0.3, -0.25) is 4.98 Å². The molecule has 208 valence electrons. The van der Waals surface area contributed by atoms with Crippen molar-refractivity contribution < 1.29 is 49.8 Å². The van der Waals surface area contributed by atoms with Gasteiger partial charge < -0.3 is 24.9 Å². The van der Waals surface area contributed by atoms with E-state index in [-0.39, 0.29) is 23.2 Å². The van der Waals surface area contributed by atoms with Crippen molar-refractivity contribution in [1.29, 1.82) is 0 Å². The minimum Gasteiger partial charge on any atom is -0.497 e. The van der Waals surface area contributed by atoms with Gasteiger partial charge in [0.15, 0.2) is 17.2 Å². The molecular formula is C22H16F7N5O5. The van der Waals surface area contributed by atoms with Crippen LogP contribution in [0.5, 0.6) is 5.75 Å². The lowest BCUT2D eigenvalue weighted by atomic mass is 10.2. The second-order valence-corrected chi connectivity index (χ2v) is 7.58. The Bertz CT molecular complexity index is 1560. The number of methoxy groups -OCH3 is 1. The zero-order valence-corrected chi connectivity index (χ0v) is 19.6. The minimum atomic E-state index is -5.08. The van der Waals surface area contributed by atoms with Crippen LogP contribution in [-0.2, 0) is 11.0 Å². The van der Waals surface area contributed by atoms with Crippen molar-refractivity contribution in [2.45, 2.75) is 19.3 Å². The van der Waals surface area contributed by atoms with Crippen LogP contribution >= 0.6 is 0 Å². The topological polar surface area (TPSA) is 142 Å². The SMILES string of the molecule is COc1cc(Nc2ncc(F)c(Nc3cc(C)c4oc(=O)[nH]c4c3)n2)cc(C(F)(F)F)c1.O=C(O)C(F)(F)F. The van der Waals surface area contributed by atoms with Crippen LogP contribution in [0.4, 0.5) is 53.9 Å². The predicted octanol–water partition coefficient (Wildman–Crippen LogP) is 5.51. The number of carboxylic acid groups (broad SMARTS) is 1. The number of aryl methyl sites for hydroxylation is 1. The fraction of sp³-hybridized carbons (Fsp3) is 0.182. The van der Waals surface area contributed by atoms with E-state index in [1.807, 2.05) is 0 Å². The average Bonchev–Trinajstić information content (AvgIpc) is 3.21. The van der Waals surface area contributed by atoms with Crippen LogP contribution in [0.3, 0.4) is 0 Å². The van der Waals surface area contributed by atoms with Crippen molar-refractivity contribution in [2.24, 2.45) is 0 Å².